The van der Waals surface area contributed by atoms with Crippen LogP contribution in [-0.2, 0) is 4.79 Å². The van der Waals surface area contributed by atoms with E-state index >= 15 is 0 Å². The van der Waals surface area contributed by atoms with Crippen LogP contribution in [-0.4, -0.2) is 34.9 Å². The third-order valence-electron chi connectivity index (χ3n) is 4.01. The van der Waals surface area contributed by atoms with Gasteiger partial charge < -0.3 is 16.0 Å². The van der Waals surface area contributed by atoms with Crippen molar-refractivity contribution in [3.05, 3.63) is 46.5 Å². The van der Waals surface area contributed by atoms with Crippen molar-refractivity contribution in [3.8, 4) is 0 Å². The van der Waals surface area contributed by atoms with Gasteiger partial charge >= 0.3 is 0 Å². The van der Waals surface area contributed by atoms with Crippen LogP contribution in [0.2, 0.25) is 10.0 Å². The Morgan fingerprint density at radius 3 is 2.48 bits per heavy atom. The Morgan fingerprint density at radius 2 is 1.89 bits per heavy atom. The highest BCUT2D eigenvalue weighted by atomic mass is 35.5. The largest absolute Gasteiger partial charge is 0.326 e. The molecule has 0 saturated carbocycles. The molecule has 27 heavy (non-hydrogen) atoms. The number of anilines is 2. The van der Waals surface area contributed by atoms with Gasteiger partial charge in [-0.1, -0.05) is 23.2 Å². The van der Waals surface area contributed by atoms with Gasteiger partial charge in [-0.05, 0) is 31.5 Å². The molecule has 0 aliphatic carbocycles. The Labute approximate surface area is 172 Å². The first kappa shape index (κ1) is 21.4. The highest BCUT2D eigenvalue weighted by molar-refractivity contribution is 6.40. The number of hydrogen-bond acceptors (Lipinski definition) is 5. The quantitative estimate of drug-likeness (QED) is 0.691. The molecule has 3 N–H and O–H groups in total. The molecule has 1 aromatic heterocycles. The molecule has 1 unspecified atom stereocenters. The van der Waals surface area contributed by atoms with Crippen molar-refractivity contribution in [2.24, 2.45) is 5.92 Å². The topological polar surface area (TPSA) is 96.0 Å². The maximum atomic E-state index is 12.3. The van der Waals surface area contributed by atoms with Gasteiger partial charge in [0.1, 0.15) is 5.69 Å². The molecule has 0 bridgehead atoms. The minimum Gasteiger partial charge on any atom is -0.326 e. The van der Waals surface area contributed by atoms with Gasteiger partial charge in [0.2, 0.25) is 5.91 Å². The fraction of sp³-hybridized carbons (Fsp3) is 0.294. The molecular formula is C17H18Cl3N5O2. The Balaban J connectivity index is 0.00000261. The molecule has 1 aliphatic rings. The first-order chi connectivity index (χ1) is 12.5. The lowest BCUT2D eigenvalue weighted by atomic mass is 9.99. The molecule has 1 saturated heterocycles. The number of carbonyl (C=O) groups is 2. The van der Waals surface area contributed by atoms with Crippen molar-refractivity contribution >= 4 is 58.8 Å². The second kappa shape index (κ2) is 9.85. The molecule has 2 amide bonds. The van der Waals surface area contributed by atoms with Crippen LogP contribution in [0.1, 0.15) is 23.3 Å². The van der Waals surface area contributed by atoms with Gasteiger partial charge in [0.25, 0.3) is 5.91 Å². The van der Waals surface area contributed by atoms with Crippen LogP contribution >= 0.6 is 35.6 Å². The highest BCUT2D eigenvalue weighted by Crippen LogP contribution is 2.34. The molecule has 0 radical (unpaired) electrons. The van der Waals surface area contributed by atoms with E-state index < -0.39 is 5.91 Å². The SMILES string of the molecule is Cl.O=C(Nc1c(Cl)cc(NC(=O)C2CCCNC2)cc1Cl)c1cnccn1. The number of amides is 2. The summed E-state index contributed by atoms with van der Waals surface area (Å²) in [5.41, 5.74) is 0.871. The molecule has 7 nitrogen and oxygen atoms in total. The molecule has 10 heteroatoms. The number of benzene rings is 1. The monoisotopic (exact) mass is 429 g/mol. The fourth-order valence-corrected chi connectivity index (χ4v) is 3.26. The van der Waals surface area contributed by atoms with E-state index in [9.17, 15) is 9.59 Å². The Hall–Kier alpha value is -1.93. The van der Waals surface area contributed by atoms with Gasteiger partial charge in [-0.15, -0.1) is 12.4 Å². The van der Waals surface area contributed by atoms with Gasteiger partial charge in [0.15, 0.2) is 0 Å². The van der Waals surface area contributed by atoms with E-state index in [1.165, 1.54) is 18.6 Å². The van der Waals surface area contributed by atoms with Crippen LogP contribution in [0.15, 0.2) is 30.7 Å². The zero-order chi connectivity index (χ0) is 18.5. The zero-order valence-electron chi connectivity index (χ0n) is 14.2. The van der Waals surface area contributed by atoms with Crippen LogP contribution in [0.25, 0.3) is 0 Å². The number of piperidine rings is 1. The summed E-state index contributed by atoms with van der Waals surface area (Å²) in [5, 5.41) is 9.06. The Bertz CT molecular complexity index is 790. The summed E-state index contributed by atoms with van der Waals surface area (Å²) >= 11 is 12.5. The number of rotatable bonds is 4. The lowest BCUT2D eigenvalue weighted by Crippen LogP contribution is -2.37. The third-order valence-corrected chi connectivity index (χ3v) is 4.61. The Morgan fingerprint density at radius 1 is 1.15 bits per heavy atom. The van der Waals surface area contributed by atoms with E-state index in [0.29, 0.717) is 12.2 Å². The van der Waals surface area contributed by atoms with Gasteiger partial charge in [-0.25, -0.2) is 4.98 Å². The van der Waals surface area contributed by atoms with E-state index in [1.807, 2.05) is 0 Å². The number of halogens is 3. The first-order valence-electron chi connectivity index (χ1n) is 8.12. The molecule has 2 heterocycles. The van der Waals surface area contributed by atoms with Gasteiger partial charge in [0.05, 0.1) is 27.8 Å². The molecule has 1 aromatic carbocycles. The number of aromatic nitrogens is 2. The van der Waals surface area contributed by atoms with E-state index in [4.69, 9.17) is 23.2 Å². The predicted molar refractivity (Wildman–Crippen MR) is 108 cm³/mol. The molecule has 1 aliphatic heterocycles. The van der Waals surface area contributed by atoms with Crippen molar-refractivity contribution in [1.82, 2.24) is 15.3 Å². The van der Waals surface area contributed by atoms with Gasteiger partial charge in [0, 0.05) is 24.6 Å². The summed E-state index contributed by atoms with van der Waals surface area (Å²) in [5.74, 6) is -0.648. The molecule has 2 aromatic rings. The number of carbonyl (C=O) groups excluding carboxylic acids is 2. The Kier molecular flexibility index (Phi) is 7.79. The minimum atomic E-state index is -0.480. The zero-order valence-corrected chi connectivity index (χ0v) is 16.5. The second-order valence-corrected chi connectivity index (χ2v) is 6.71. The third kappa shape index (κ3) is 5.52. The number of nitrogens with one attached hydrogen (secondary N) is 3. The van der Waals surface area contributed by atoms with Crippen LogP contribution in [0.5, 0.6) is 0 Å². The van der Waals surface area contributed by atoms with Crippen LogP contribution in [0, 0.1) is 5.92 Å². The minimum absolute atomic E-state index is 0. The summed E-state index contributed by atoms with van der Waals surface area (Å²) < 4.78 is 0. The van der Waals surface area contributed by atoms with Gasteiger partial charge in [-0.3, -0.25) is 14.6 Å². The summed E-state index contributed by atoms with van der Waals surface area (Å²) in [7, 11) is 0. The summed E-state index contributed by atoms with van der Waals surface area (Å²) in [6.07, 6.45) is 6.02. The van der Waals surface area contributed by atoms with Crippen LogP contribution in [0.3, 0.4) is 0 Å². The van der Waals surface area contributed by atoms with Crippen LogP contribution < -0.4 is 16.0 Å². The number of nitrogens with zero attached hydrogens (tertiary/aromatic N) is 2. The molecule has 144 valence electrons. The smallest absolute Gasteiger partial charge is 0.275 e. The fourth-order valence-electron chi connectivity index (χ4n) is 2.68. The normalized spacial score (nSPS) is 16.1. The number of hydrogen-bond donors (Lipinski definition) is 3. The molecule has 3 rings (SSSR count). The molecule has 0 spiro atoms. The average molecular weight is 431 g/mol. The van der Waals surface area contributed by atoms with Crippen LogP contribution in [0.4, 0.5) is 11.4 Å². The summed E-state index contributed by atoms with van der Waals surface area (Å²) in [6, 6.07) is 3.10. The van der Waals surface area contributed by atoms with E-state index in [-0.39, 0.29) is 45.7 Å². The van der Waals surface area contributed by atoms with Gasteiger partial charge in [-0.2, -0.15) is 0 Å². The average Bonchev–Trinajstić information content (AvgIpc) is 2.66. The highest BCUT2D eigenvalue weighted by Gasteiger charge is 2.22. The summed E-state index contributed by atoms with van der Waals surface area (Å²) in [6.45, 7) is 1.58. The van der Waals surface area contributed by atoms with Crippen molar-refractivity contribution < 1.29 is 9.59 Å². The molecule has 1 fully saturated rings. The van der Waals surface area contributed by atoms with Crippen molar-refractivity contribution in [2.75, 3.05) is 23.7 Å². The maximum absolute atomic E-state index is 12.3. The molecule has 1 atom stereocenters. The maximum Gasteiger partial charge on any atom is 0.275 e. The van der Waals surface area contributed by atoms with E-state index in [1.54, 1.807) is 12.1 Å². The lowest BCUT2D eigenvalue weighted by Gasteiger charge is -2.22. The van der Waals surface area contributed by atoms with E-state index in [0.717, 1.165) is 19.4 Å². The standard InChI is InChI=1S/C17H17Cl2N5O2.ClH/c18-12-6-11(23-16(25)10-2-1-3-20-8-10)7-13(19)15(12)24-17(26)14-9-21-4-5-22-14;/h4-7,9-10,20H,1-3,8H2,(H,23,25)(H,24,26);1H. The van der Waals surface area contributed by atoms with Crippen molar-refractivity contribution in [3.63, 3.8) is 0 Å². The lowest BCUT2D eigenvalue weighted by molar-refractivity contribution is -0.120. The van der Waals surface area contributed by atoms with Crippen molar-refractivity contribution in [1.29, 1.82) is 0 Å². The predicted octanol–water partition coefficient (Wildman–Crippen LogP) is 3.40. The van der Waals surface area contributed by atoms with Crippen molar-refractivity contribution in [2.45, 2.75) is 12.8 Å². The van der Waals surface area contributed by atoms with E-state index in [2.05, 4.69) is 25.9 Å². The second-order valence-electron chi connectivity index (χ2n) is 5.89. The summed E-state index contributed by atoms with van der Waals surface area (Å²) in [4.78, 5) is 32.3. The molecular weight excluding hydrogens is 413 g/mol. The first-order valence-corrected chi connectivity index (χ1v) is 8.88.